The second-order valence-electron chi connectivity index (χ2n) is 6.26. The zero-order valence-electron chi connectivity index (χ0n) is 12.8. The van der Waals surface area contributed by atoms with Crippen LogP contribution in [-0.4, -0.2) is 11.4 Å². The van der Waals surface area contributed by atoms with E-state index in [2.05, 4.69) is 40.3 Å². The van der Waals surface area contributed by atoms with Gasteiger partial charge in [0.05, 0.1) is 0 Å². The minimum Gasteiger partial charge on any atom is -0.347 e. The largest absolute Gasteiger partial charge is 0.347 e. The molecule has 2 aromatic carbocycles. The van der Waals surface area contributed by atoms with Gasteiger partial charge in [-0.3, -0.25) is 4.79 Å². The van der Waals surface area contributed by atoms with Crippen molar-refractivity contribution in [2.24, 2.45) is 0 Å². The van der Waals surface area contributed by atoms with E-state index in [0.717, 1.165) is 15.6 Å². The van der Waals surface area contributed by atoms with Crippen molar-refractivity contribution in [1.82, 2.24) is 5.32 Å². The maximum Gasteiger partial charge on any atom is 0.252 e. The van der Waals surface area contributed by atoms with Crippen molar-refractivity contribution < 1.29 is 4.79 Å². The number of nitrogens with one attached hydrogen (secondary N) is 1. The van der Waals surface area contributed by atoms with E-state index in [9.17, 15) is 4.79 Å². The van der Waals surface area contributed by atoms with E-state index in [-0.39, 0.29) is 11.4 Å². The predicted octanol–water partition coefficient (Wildman–Crippen LogP) is 4.95. The summed E-state index contributed by atoms with van der Waals surface area (Å²) < 4.78 is 0.963. The summed E-state index contributed by atoms with van der Waals surface area (Å²) in [6, 6.07) is 14.0. The van der Waals surface area contributed by atoms with Crippen molar-refractivity contribution in [3.63, 3.8) is 0 Å². The molecule has 0 aliphatic heterocycles. The zero-order chi connectivity index (χ0) is 15.6. The number of amides is 1. The lowest BCUT2D eigenvalue weighted by molar-refractivity contribution is 0.0920. The van der Waals surface area contributed by atoms with Crippen LogP contribution < -0.4 is 5.32 Å². The molecule has 3 heteroatoms. The fraction of sp³-hybridized carbons (Fsp3) is 0.278. The topological polar surface area (TPSA) is 29.1 Å². The quantitative estimate of drug-likeness (QED) is 0.819. The summed E-state index contributed by atoms with van der Waals surface area (Å²) in [4.78, 5) is 12.5. The lowest BCUT2D eigenvalue weighted by Gasteiger charge is -2.21. The SMILES string of the molecule is Cc1ccc(-c2cc(Br)ccc2C(=O)NC(C)(C)C)cc1. The van der Waals surface area contributed by atoms with E-state index in [1.54, 1.807) is 0 Å². The average Bonchev–Trinajstić information content (AvgIpc) is 2.37. The first kappa shape index (κ1) is 15.8. The molecule has 2 rings (SSSR count). The Morgan fingerprint density at radius 2 is 1.67 bits per heavy atom. The first-order valence-corrected chi connectivity index (χ1v) is 7.75. The zero-order valence-corrected chi connectivity index (χ0v) is 14.4. The molecule has 0 fully saturated rings. The van der Waals surface area contributed by atoms with E-state index in [4.69, 9.17) is 0 Å². The molecule has 2 nitrogen and oxygen atoms in total. The van der Waals surface area contributed by atoms with Gasteiger partial charge in [0, 0.05) is 15.6 Å². The summed E-state index contributed by atoms with van der Waals surface area (Å²) in [7, 11) is 0. The van der Waals surface area contributed by atoms with Crippen LogP contribution in [0, 0.1) is 6.92 Å². The van der Waals surface area contributed by atoms with Gasteiger partial charge in [-0.2, -0.15) is 0 Å². The monoisotopic (exact) mass is 345 g/mol. The number of carbonyl (C=O) groups is 1. The number of benzene rings is 2. The second kappa shape index (κ2) is 6.02. The number of hydrogen-bond acceptors (Lipinski definition) is 1. The van der Waals surface area contributed by atoms with Crippen LogP contribution in [0.2, 0.25) is 0 Å². The van der Waals surface area contributed by atoms with Crippen molar-refractivity contribution in [2.45, 2.75) is 33.2 Å². The van der Waals surface area contributed by atoms with Gasteiger partial charge in [-0.25, -0.2) is 0 Å². The average molecular weight is 346 g/mol. The Morgan fingerprint density at radius 1 is 1.05 bits per heavy atom. The van der Waals surface area contributed by atoms with Gasteiger partial charge in [-0.1, -0.05) is 45.8 Å². The van der Waals surface area contributed by atoms with Crippen LogP contribution in [0.1, 0.15) is 36.7 Å². The molecule has 2 aromatic rings. The molecule has 0 bridgehead atoms. The van der Waals surface area contributed by atoms with E-state index in [1.165, 1.54) is 5.56 Å². The highest BCUT2D eigenvalue weighted by molar-refractivity contribution is 9.10. The van der Waals surface area contributed by atoms with Gasteiger partial charge < -0.3 is 5.32 Å². The van der Waals surface area contributed by atoms with Gasteiger partial charge in [0.1, 0.15) is 0 Å². The molecule has 21 heavy (non-hydrogen) atoms. The second-order valence-corrected chi connectivity index (χ2v) is 7.18. The Morgan fingerprint density at radius 3 is 2.24 bits per heavy atom. The summed E-state index contributed by atoms with van der Waals surface area (Å²) in [6.07, 6.45) is 0. The minimum absolute atomic E-state index is 0.0504. The van der Waals surface area contributed by atoms with E-state index in [1.807, 2.05) is 51.1 Å². The Hall–Kier alpha value is -1.61. The van der Waals surface area contributed by atoms with E-state index >= 15 is 0 Å². The number of hydrogen-bond donors (Lipinski definition) is 1. The molecule has 1 N–H and O–H groups in total. The highest BCUT2D eigenvalue weighted by Gasteiger charge is 2.18. The molecule has 0 atom stereocenters. The molecule has 0 spiro atoms. The molecule has 0 heterocycles. The van der Waals surface area contributed by atoms with Crippen LogP contribution >= 0.6 is 15.9 Å². The number of halogens is 1. The fourth-order valence-corrected chi connectivity index (χ4v) is 2.46. The summed E-state index contributed by atoms with van der Waals surface area (Å²) >= 11 is 3.49. The van der Waals surface area contributed by atoms with E-state index < -0.39 is 0 Å². The third-order valence-electron chi connectivity index (χ3n) is 3.08. The van der Waals surface area contributed by atoms with Crippen LogP contribution in [0.5, 0.6) is 0 Å². The molecule has 1 amide bonds. The third-order valence-corrected chi connectivity index (χ3v) is 3.57. The molecule has 0 saturated heterocycles. The molecule has 0 aliphatic rings. The Bertz CT molecular complexity index is 654. The highest BCUT2D eigenvalue weighted by atomic mass is 79.9. The van der Waals surface area contributed by atoms with Gasteiger partial charge in [-0.15, -0.1) is 0 Å². The summed E-state index contributed by atoms with van der Waals surface area (Å²) in [5.74, 6) is -0.0504. The normalized spacial score (nSPS) is 11.3. The summed E-state index contributed by atoms with van der Waals surface area (Å²) in [6.45, 7) is 8.00. The van der Waals surface area contributed by atoms with Crippen LogP contribution in [0.25, 0.3) is 11.1 Å². The molecular weight excluding hydrogens is 326 g/mol. The van der Waals surface area contributed by atoms with Crippen LogP contribution in [0.4, 0.5) is 0 Å². The van der Waals surface area contributed by atoms with Crippen LogP contribution in [-0.2, 0) is 0 Å². The first-order chi connectivity index (χ1) is 9.76. The maximum atomic E-state index is 12.5. The molecule has 0 radical (unpaired) electrons. The maximum absolute atomic E-state index is 12.5. The molecule has 0 aromatic heterocycles. The molecule has 0 saturated carbocycles. The number of rotatable bonds is 2. The standard InChI is InChI=1S/C18H20BrNO/c1-12-5-7-13(8-6-12)16-11-14(19)9-10-15(16)17(21)20-18(2,3)4/h5-11H,1-4H3,(H,20,21). The fourth-order valence-electron chi connectivity index (χ4n) is 2.09. The van der Waals surface area contributed by atoms with Gasteiger partial charge in [0.2, 0.25) is 0 Å². The summed E-state index contributed by atoms with van der Waals surface area (Å²) in [5.41, 5.74) is 3.62. The van der Waals surface area contributed by atoms with Crippen molar-refractivity contribution in [3.05, 3.63) is 58.1 Å². The number of carbonyl (C=O) groups excluding carboxylic acids is 1. The van der Waals surface area contributed by atoms with Crippen molar-refractivity contribution in [1.29, 1.82) is 0 Å². The van der Waals surface area contributed by atoms with Gasteiger partial charge in [0.25, 0.3) is 5.91 Å². The van der Waals surface area contributed by atoms with Crippen molar-refractivity contribution in [2.75, 3.05) is 0 Å². The molecule has 0 unspecified atom stereocenters. The third kappa shape index (κ3) is 4.18. The summed E-state index contributed by atoms with van der Waals surface area (Å²) in [5, 5.41) is 3.02. The van der Waals surface area contributed by atoms with Gasteiger partial charge in [-0.05, 0) is 57.0 Å². The van der Waals surface area contributed by atoms with Gasteiger partial charge >= 0.3 is 0 Å². The Balaban J connectivity index is 2.47. The molecule has 110 valence electrons. The molecular formula is C18H20BrNO. The minimum atomic E-state index is -0.255. The van der Waals surface area contributed by atoms with Crippen molar-refractivity contribution >= 4 is 21.8 Å². The van der Waals surface area contributed by atoms with Crippen molar-refractivity contribution in [3.8, 4) is 11.1 Å². The lowest BCUT2D eigenvalue weighted by Crippen LogP contribution is -2.40. The number of aryl methyl sites for hydroxylation is 1. The smallest absolute Gasteiger partial charge is 0.252 e. The first-order valence-electron chi connectivity index (χ1n) is 6.95. The predicted molar refractivity (Wildman–Crippen MR) is 91.5 cm³/mol. The Labute approximate surface area is 134 Å². The van der Waals surface area contributed by atoms with E-state index in [0.29, 0.717) is 5.56 Å². The van der Waals surface area contributed by atoms with Crippen LogP contribution in [0.15, 0.2) is 46.9 Å². The molecule has 0 aliphatic carbocycles. The van der Waals surface area contributed by atoms with Crippen LogP contribution in [0.3, 0.4) is 0 Å². The lowest BCUT2D eigenvalue weighted by atomic mass is 9.97. The highest BCUT2D eigenvalue weighted by Crippen LogP contribution is 2.28. The van der Waals surface area contributed by atoms with Gasteiger partial charge in [0.15, 0.2) is 0 Å². The Kier molecular flexibility index (Phi) is 4.52.